The van der Waals surface area contributed by atoms with Gasteiger partial charge in [-0.15, -0.1) is 0 Å². The molecule has 0 aromatic heterocycles. The van der Waals surface area contributed by atoms with Crippen LogP contribution in [0.4, 0.5) is 5.69 Å². The molecule has 1 unspecified atom stereocenters. The number of anilines is 1. The van der Waals surface area contributed by atoms with Crippen molar-refractivity contribution in [2.75, 3.05) is 17.8 Å². The number of rotatable bonds is 3. The van der Waals surface area contributed by atoms with E-state index in [2.05, 4.69) is 26.0 Å². The molecule has 0 bridgehead atoms. The highest BCUT2D eigenvalue weighted by Crippen LogP contribution is 2.27. The molecule has 18 heavy (non-hydrogen) atoms. The van der Waals surface area contributed by atoms with Gasteiger partial charge in [0.1, 0.15) is 0 Å². The van der Waals surface area contributed by atoms with Crippen molar-refractivity contribution in [3.05, 3.63) is 28.2 Å². The average Bonchev–Trinajstić information content (AvgIpc) is 2.36. The van der Waals surface area contributed by atoms with Crippen LogP contribution < -0.4 is 10.0 Å². The van der Waals surface area contributed by atoms with E-state index in [1.54, 1.807) is 6.07 Å². The van der Waals surface area contributed by atoms with Gasteiger partial charge in [-0.05, 0) is 53.9 Å². The molecule has 0 spiro atoms. The summed E-state index contributed by atoms with van der Waals surface area (Å²) < 4.78 is 28.0. The first-order valence-electron chi connectivity index (χ1n) is 5.98. The zero-order valence-corrected chi connectivity index (χ0v) is 12.6. The van der Waals surface area contributed by atoms with E-state index in [4.69, 9.17) is 0 Å². The quantitative estimate of drug-likeness (QED) is 0.892. The van der Waals surface area contributed by atoms with E-state index < -0.39 is 10.0 Å². The van der Waals surface area contributed by atoms with Crippen molar-refractivity contribution < 1.29 is 8.42 Å². The molecule has 6 heteroatoms. The van der Waals surface area contributed by atoms with Crippen LogP contribution in [0.1, 0.15) is 18.4 Å². The fourth-order valence-corrected chi connectivity index (χ4v) is 4.00. The summed E-state index contributed by atoms with van der Waals surface area (Å²) >= 11 is 3.41. The Labute approximate surface area is 116 Å². The number of hydrogen-bond donors (Lipinski definition) is 2. The minimum atomic E-state index is -3.32. The summed E-state index contributed by atoms with van der Waals surface area (Å²) in [6.07, 6.45) is 1.62. The Hall–Kier alpha value is -0.590. The summed E-state index contributed by atoms with van der Waals surface area (Å²) in [5, 5.41) is 2.77. The summed E-state index contributed by atoms with van der Waals surface area (Å²) in [7, 11) is -3.32. The van der Waals surface area contributed by atoms with Crippen LogP contribution in [0.5, 0.6) is 0 Å². The van der Waals surface area contributed by atoms with Crippen molar-refractivity contribution in [2.45, 2.75) is 25.0 Å². The molecule has 0 radical (unpaired) electrons. The molecule has 0 saturated carbocycles. The molecule has 2 N–H and O–H groups in total. The normalized spacial score (nSPS) is 20.7. The van der Waals surface area contributed by atoms with Gasteiger partial charge in [-0.3, -0.25) is 4.72 Å². The summed E-state index contributed by atoms with van der Waals surface area (Å²) in [5.74, 6) is 0. The molecule has 0 aliphatic carbocycles. The lowest BCUT2D eigenvalue weighted by molar-refractivity contribution is 0.499. The smallest absolute Gasteiger partial charge is 0.236 e. The number of aryl methyl sites for hydroxylation is 1. The van der Waals surface area contributed by atoms with Crippen molar-refractivity contribution in [2.24, 2.45) is 0 Å². The highest BCUT2D eigenvalue weighted by atomic mass is 79.9. The van der Waals surface area contributed by atoms with Gasteiger partial charge in [0.05, 0.1) is 10.9 Å². The van der Waals surface area contributed by atoms with Crippen LogP contribution in [0.15, 0.2) is 22.7 Å². The molecule has 1 fully saturated rings. The number of halogens is 1. The largest absolute Gasteiger partial charge is 0.315 e. The highest BCUT2D eigenvalue weighted by molar-refractivity contribution is 9.10. The average molecular weight is 333 g/mol. The molecule has 0 amide bonds. The van der Waals surface area contributed by atoms with Gasteiger partial charge in [0, 0.05) is 11.0 Å². The first-order valence-corrected chi connectivity index (χ1v) is 8.32. The summed E-state index contributed by atoms with van der Waals surface area (Å²) in [5.41, 5.74) is 1.62. The number of sulfonamides is 1. The third-order valence-electron chi connectivity index (χ3n) is 3.13. The van der Waals surface area contributed by atoms with Crippen LogP contribution in [0.25, 0.3) is 0 Å². The van der Waals surface area contributed by atoms with E-state index in [0.29, 0.717) is 18.7 Å². The molecule has 1 atom stereocenters. The van der Waals surface area contributed by atoms with Gasteiger partial charge in [0.2, 0.25) is 10.0 Å². The van der Waals surface area contributed by atoms with Crippen LogP contribution in [0.2, 0.25) is 0 Å². The monoisotopic (exact) mass is 332 g/mol. The lowest BCUT2D eigenvalue weighted by Crippen LogP contribution is -2.41. The zero-order valence-electron chi connectivity index (χ0n) is 10.2. The maximum Gasteiger partial charge on any atom is 0.236 e. The van der Waals surface area contributed by atoms with Crippen LogP contribution in [0, 0.1) is 6.92 Å². The first-order chi connectivity index (χ1) is 8.50. The minimum Gasteiger partial charge on any atom is -0.315 e. The summed E-state index contributed by atoms with van der Waals surface area (Å²) in [6.45, 7) is 3.36. The van der Waals surface area contributed by atoms with Gasteiger partial charge in [0.15, 0.2) is 0 Å². The summed E-state index contributed by atoms with van der Waals surface area (Å²) in [6, 6.07) is 5.55. The molecule has 1 aliphatic heterocycles. The van der Waals surface area contributed by atoms with E-state index in [9.17, 15) is 8.42 Å². The Balaban J connectivity index is 2.19. The Kier molecular flexibility index (Phi) is 4.29. The fraction of sp³-hybridized carbons (Fsp3) is 0.500. The highest BCUT2D eigenvalue weighted by Gasteiger charge is 2.27. The van der Waals surface area contributed by atoms with Crippen molar-refractivity contribution in [1.82, 2.24) is 5.32 Å². The van der Waals surface area contributed by atoms with Crippen LogP contribution in [0.3, 0.4) is 0 Å². The maximum absolute atomic E-state index is 12.2. The molecule has 4 nitrogen and oxygen atoms in total. The second kappa shape index (κ2) is 5.59. The SMILES string of the molecule is Cc1cccc(NS(=O)(=O)C2CCCNC2)c1Br. The third kappa shape index (κ3) is 3.05. The second-order valence-corrected chi connectivity index (χ2v) is 7.31. The molecule has 1 saturated heterocycles. The molecule has 100 valence electrons. The molecule has 1 aliphatic rings. The molecular formula is C12H17BrN2O2S. The van der Waals surface area contributed by atoms with Crippen LogP contribution in [-0.2, 0) is 10.0 Å². The molecule has 1 aromatic carbocycles. The predicted molar refractivity (Wildman–Crippen MR) is 77.3 cm³/mol. The maximum atomic E-state index is 12.2. The van der Waals surface area contributed by atoms with Crippen LogP contribution >= 0.6 is 15.9 Å². The van der Waals surface area contributed by atoms with E-state index in [1.807, 2.05) is 19.1 Å². The number of piperidine rings is 1. The van der Waals surface area contributed by atoms with E-state index in [0.717, 1.165) is 23.0 Å². The standard InChI is InChI=1S/C12H17BrN2O2S/c1-9-4-2-6-11(12(9)13)15-18(16,17)10-5-3-7-14-8-10/h2,4,6,10,14-15H,3,5,7-8H2,1H3. The Morgan fingerprint density at radius 3 is 2.89 bits per heavy atom. The Morgan fingerprint density at radius 2 is 2.22 bits per heavy atom. The topological polar surface area (TPSA) is 58.2 Å². The zero-order chi connectivity index (χ0) is 13.2. The molecule has 2 rings (SSSR count). The van der Waals surface area contributed by atoms with Gasteiger partial charge >= 0.3 is 0 Å². The number of nitrogens with one attached hydrogen (secondary N) is 2. The fourth-order valence-electron chi connectivity index (χ4n) is 2.05. The Bertz CT molecular complexity index is 525. The molecule has 1 aromatic rings. The van der Waals surface area contributed by atoms with E-state index in [1.165, 1.54) is 0 Å². The van der Waals surface area contributed by atoms with Crippen LogP contribution in [-0.4, -0.2) is 26.8 Å². The number of hydrogen-bond acceptors (Lipinski definition) is 3. The first kappa shape index (κ1) is 13.8. The number of benzene rings is 1. The van der Waals surface area contributed by atoms with Crippen molar-refractivity contribution >= 4 is 31.6 Å². The van der Waals surface area contributed by atoms with Gasteiger partial charge in [-0.1, -0.05) is 12.1 Å². The van der Waals surface area contributed by atoms with Gasteiger partial charge in [-0.2, -0.15) is 0 Å². The third-order valence-corrected chi connectivity index (χ3v) is 5.97. The van der Waals surface area contributed by atoms with Crippen molar-refractivity contribution in [3.8, 4) is 0 Å². The second-order valence-electron chi connectivity index (χ2n) is 4.55. The lowest BCUT2D eigenvalue weighted by Gasteiger charge is -2.23. The lowest BCUT2D eigenvalue weighted by atomic mass is 10.2. The van der Waals surface area contributed by atoms with Gasteiger partial charge in [-0.25, -0.2) is 8.42 Å². The van der Waals surface area contributed by atoms with Gasteiger partial charge < -0.3 is 5.32 Å². The minimum absolute atomic E-state index is 0.348. The van der Waals surface area contributed by atoms with E-state index in [-0.39, 0.29) is 5.25 Å². The van der Waals surface area contributed by atoms with Crippen molar-refractivity contribution in [1.29, 1.82) is 0 Å². The van der Waals surface area contributed by atoms with E-state index >= 15 is 0 Å². The van der Waals surface area contributed by atoms with Gasteiger partial charge in [0.25, 0.3) is 0 Å². The Morgan fingerprint density at radius 1 is 1.44 bits per heavy atom. The van der Waals surface area contributed by atoms with Crippen molar-refractivity contribution in [3.63, 3.8) is 0 Å². The summed E-state index contributed by atoms with van der Waals surface area (Å²) in [4.78, 5) is 0. The molecular weight excluding hydrogens is 316 g/mol. The predicted octanol–water partition coefficient (Wildman–Crippen LogP) is 2.25. The molecule has 1 heterocycles.